The van der Waals surface area contributed by atoms with Crippen molar-refractivity contribution in [2.75, 3.05) is 0 Å². The Balaban J connectivity index is 1.04. The molecule has 0 aliphatic heterocycles. The Morgan fingerprint density at radius 1 is 0.357 bits per heavy atom. The number of hydrogen-bond donors (Lipinski definition) is 0. The minimum absolute atomic E-state index is 0.676. The summed E-state index contributed by atoms with van der Waals surface area (Å²) in [6.45, 7) is 0. The van der Waals surface area contributed by atoms with E-state index in [9.17, 15) is 0 Å². The number of hydrogen-bond acceptors (Lipinski definition) is 5. The molecule has 0 saturated heterocycles. The number of nitrogens with zero attached hydrogens (tertiary/aromatic N) is 3. The fraction of sp³-hybridized carbons (Fsp3) is 0. The lowest BCUT2D eigenvalue weighted by molar-refractivity contribution is 0.665. The van der Waals surface area contributed by atoms with Gasteiger partial charge in [0.15, 0.2) is 5.82 Å². The van der Waals surface area contributed by atoms with E-state index in [1.165, 1.54) is 0 Å². The highest BCUT2D eigenvalue weighted by atomic mass is 16.3. The van der Waals surface area contributed by atoms with Gasteiger partial charge in [0.05, 0.1) is 11.4 Å². The molecule has 0 fully saturated rings. The number of aromatic nitrogens is 3. The van der Waals surface area contributed by atoms with Crippen LogP contribution in [0.1, 0.15) is 0 Å². The van der Waals surface area contributed by atoms with Gasteiger partial charge in [0.2, 0.25) is 0 Å². The van der Waals surface area contributed by atoms with Crippen LogP contribution in [0.15, 0.2) is 197 Å². The Kier molecular flexibility index (Phi) is 7.42. The molecule has 4 heterocycles. The average Bonchev–Trinajstić information content (AvgIpc) is 3.86. The van der Waals surface area contributed by atoms with Gasteiger partial charge in [-0.2, -0.15) is 0 Å². The second-order valence-corrected chi connectivity index (χ2v) is 14.0. The first-order chi connectivity index (χ1) is 27.7. The van der Waals surface area contributed by atoms with Gasteiger partial charge in [0.1, 0.15) is 22.3 Å². The predicted octanol–water partition coefficient (Wildman–Crippen LogP) is 13.7. The van der Waals surface area contributed by atoms with Crippen molar-refractivity contribution in [2.24, 2.45) is 0 Å². The van der Waals surface area contributed by atoms with E-state index in [1.807, 2.05) is 54.7 Å². The minimum atomic E-state index is 0.676. The maximum atomic E-state index is 6.70. The van der Waals surface area contributed by atoms with Gasteiger partial charge >= 0.3 is 0 Å². The van der Waals surface area contributed by atoms with Crippen LogP contribution in [0.5, 0.6) is 0 Å². The number of benzene rings is 7. The second kappa shape index (κ2) is 13.0. The summed E-state index contributed by atoms with van der Waals surface area (Å²) < 4.78 is 13.2. The molecule has 0 spiro atoms. The molecular formula is C51H31N3O2. The third-order valence-corrected chi connectivity index (χ3v) is 10.6. The molecule has 0 N–H and O–H groups in total. The van der Waals surface area contributed by atoms with Crippen molar-refractivity contribution in [1.29, 1.82) is 0 Å². The van der Waals surface area contributed by atoms with Crippen LogP contribution in [0, 0.1) is 0 Å². The Labute approximate surface area is 322 Å². The smallest absolute Gasteiger partial charge is 0.160 e. The molecule has 11 aromatic rings. The van der Waals surface area contributed by atoms with Crippen molar-refractivity contribution in [3.05, 3.63) is 188 Å². The first kappa shape index (κ1) is 31.9. The monoisotopic (exact) mass is 717 g/mol. The maximum absolute atomic E-state index is 6.70. The molecule has 5 heteroatoms. The number of para-hydroxylation sites is 3. The Morgan fingerprint density at radius 3 is 1.79 bits per heavy atom. The van der Waals surface area contributed by atoms with E-state index in [2.05, 4.69) is 132 Å². The lowest BCUT2D eigenvalue weighted by Crippen LogP contribution is -1.96. The van der Waals surface area contributed by atoms with Gasteiger partial charge in [-0.3, -0.25) is 4.98 Å². The summed E-state index contributed by atoms with van der Waals surface area (Å²) in [5, 5.41) is 4.34. The van der Waals surface area contributed by atoms with E-state index in [-0.39, 0.29) is 0 Å². The number of fused-ring (bicyclic) bond motifs is 6. The van der Waals surface area contributed by atoms with Crippen molar-refractivity contribution >= 4 is 43.9 Å². The molecule has 7 aromatic carbocycles. The average molecular weight is 718 g/mol. The highest BCUT2D eigenvalue weighted by molar-refractivity contribution is 6.18. The van der Waals surface area contributed by atoms with Gasteiger partial charge < -0.3 is 8.83 Å². The highest BCUT2D eigenvalue weighted by Crippen LogP contribution is 2.45. The van der Waals surface area contributed by atoms with E-state index in [1.54, 1.807) is 6.20 Å². The summed E-state index contributed by atoms with van der Waals surface area (Å²) in [5.74, 6) is 0.676. The number of rotatable bonds is 6. The van der Waals surface area contributed by atoms with Gasteiger partial charge in [-0.1, -0.05) is 140 Å². The van der Waals surface area contributed by atoms with Crippen molar-refractivity contribution < 1.29 is 8.83 Å². The summed E-state index contributed by atoms with van der Waals surface area (Å²) in [5.41, 5.74) is 14.4. The molecule has 0 amide bonds. The Morgan fingerprint density at radius 2 is 0.964 bits per heavy atom. The first-order valence-corrected chi connectivity index (χ1v) is 18.7. The van der Waals surface area contributed by atoms with Gasteiger partial charge in [-0.25, -0.2) is 9.97 Å². The SMILES string of the molecule is c1ccc(-c2nc(-c3ccc(-c4ccc(-c5cccc6c5oc5ccccc56)c5oc6ccccc6c45)cc3)cc(-c3cccc(-c4cccnc4)c3)n2)cc1. The fourth-order valence-electron chi connectivity index (χ4n) is 7.91. The Bertz CT molecular complexity index is 3240. The molecule has 4 aromatic heterocycles. The summed E-state index contributed by atoms with van der Waals surface area (Å²) >= 11 is 0. The van der Waals surface area contributed by atoms with Gasteiger partial charge in [-0.05, 0) is 53.1 Å². The zero-order valence-electron chi connectivity index (χ0n) is 30.1. The molecule has 56 heavy (non-hydrogen) atoms. The molecule has 0 aliphatic rings. The van der Waals surface area contributed by atoms with E-state index in [0.717, 1.165) is 105 Å². The normalized spacial score (nSPS) is 11.6. The first-order valence-electron chi connectivity index (χ1n) is 18.7. The zero-order valence-corrected chi connectivity index (χ0v) is 30.1. The van der Waals surface area contributed by atoms with E-state index >= 15 is 0 Å². The summed E-state index contributed by atoms with van der Waals surface area (Å²) in [4.78, 5) is 14.5. The topological polar surface area (TPSA) is 65.0 Å². The standard InChI is InChI=1S/C51H31N3O2/c1-2-11-34(12-3-1)51-53-44(30-45(54-51)36-14-8-13-35(29-36)37-15-10-28-52-31-37)33-24-22-32(23-25-33)38-26-27-42(50-48(38)43-17-5-7-21-47(43)56-50)41-19-9-18-40-39-16-4-6-20-46(39)55-49(40)41/h1-31H. The molecule has 0 unspecified atom stereocenters. The van der Waals surface area contributed by atoms with Crippen LogP contribution in [0.2, 0.25) is 0 Å². The van der Waals surface area contributed by atoms with Gasteiger partial charge in [0.25, 0.3) is 0 Å². The van der Waals surface area contributed by atoms with E-state index < -0.39 is 0 Å². The quantitative estimate of drug-likeness (QED) is 0.171. The van der Waals surface area contributed by atoms with Crippen LogP contribution in [-0.2, 0) is 0 Å². The van der Waals surface area contributed by atoms with Crippen LogP contribution >= 0.6 is 0 Å². The lowest BCUT2D eigenvalue weighted by Gasteiger charge is -2.12. The molecule has 0 saturated carbocycles. The van der Waals surface area contributed by atoms with E-state index in [4.69, 9.17) is 18.8 Å². The van der Waals surface area contributed by atoms with Crippen molar-refractivity contribution in [3.63, 3.8) is 0 Å². The number of furan rings is 2. The fourth-order valence-corrected chi connectivity index (χ4v) is 7.91. The third-order valence-electron chi connectivity index (χ3n) is 10.6. The van der Waals surface area contributed by atoms with Crippen LogP contribution in [-0.4, -0.2) is 15.0 Å². The molecule has 0 atom stereocenters. The molecule has 0 aliphatic carbocycles. The molecule has 262 valence electrons. The molecular weight excluding hydrogens is 687 g/mol. The van der Waals surface area contributed by atoms with Gasteiger partial charge in [-0.15, -0.1) is 0 Å². The van der Waals surface area contributed by atoms with E-state index in [0.29, 0.717) is 5.82 Å². The van der Waals surface area contributed by atoms with Gasteiger partial charge in [0, 0.05) is 67.3 Å². The predicted molar refractivity (Wildman–Crippen MR) is 227 cm³/mol. The van der Waals surface area contributed by atoms with Crippen molar-refractivity contribution in [3.8, 4) is 67.3 Å². The molecule has 11 rings (SSSR count). The Hall–Kier alpha value is -7.63. The van der Waals surface area contributed by atoms with Crippen molar-refractivity contribution in [1.82, 2.24) is 15.0 Å². The largest absolute Gasteiger partial charge is 0.455 e. The molecule has 0 radical (unpaired) electrons. The second-order valence-electron chi connectivity index (χ2n) is 14.0. The van der Waals surface area contributed by atoms with Crippen molar-refractivity contribution in [2.45, 2.75) is 0 Å². The lowest BCUT2D eigenvalue weighted by atomic mass is 9.93. The summed E-state index contributed by atoms with van der Waals surface area (Å²) in [6, 6.07) is 60.6. The third kappa shape index (κ3) is 5.37. The summed E-state index contributed by atoms with van der Waals surface area (Å²) in [7, 11) is 0. The number of pyridine rings is 1. The van der Waals surface area contributed by atoms with Crippen LogP contribution in [0.25, 0.3) is 111 Å². The minimum Gasteiger partial charge on any atom is -0.455 e. The zero-order chi connectivity index (χ0) is 37.0. The molecule has 5 nitrogen and oxygen atoms in total. The van der Waals surface area contributed by atoms with Crippen LogP contribution < -0.4 is 0 Å². The van der Waals surface area contributed by atoms with Crippen LogP contribution in [0.4, 0.5) is 0 Å². The summed E-state index contributed by atoms with van der Waals surface area (Å²) in [6.07, 6.45) is 3.68. The maximum Gasteiger partial charge on any atom is 0.160 e. The van der Waals surface area contributed by atoms with Crippen LogP contribution in [0.3, 0.4) is 0 Å². The highest BCUT2D eigenvalue weighted by Gasteiger charge is 2.21. The molecule has 0 bridgehead atoms.